The van der Waals surface area contributed by atoms with Crippen LogP contribution >= 0.6 is 22.9 Å². The van der Waals surface area contributed by atoms with E-state index in [0.29, 0.717) is 23.0 Å². The van der Waals surface area contributed by atoms with Crippen LogP contribution in [0.15, 0.2) is 17.5 Å². The number of amides is 1. The van der Waals surface area contributed by atoms with Gasteiger partial charge in [-0.15, -0.1) is 11.3 Å². The largest absolute Gasteiger partial charge is 0.482 e. The minimum Gasteiger partial charge on any atom is -0.482 e. The fourth-order valence-corrected chi connectivity index (χ4v) is 3.31. The normalized spacial score (nSPS) is 13.3. The van der Waals surface area contributed by atoms with Crippen LogP contribution in [0.25, 0.3) is 0 Å². The summed E-state index contributed by atoms with van der Waals surface area (Å²) in [5, 5.41) is 9.74. The number of benzene rings is 1. The molecule has 0 spiro atoms. The second-order valence-electron chi connectivity index (χ2n) is 5.00. The van der Waals surface area contributed by atoms with Gasteiger partial charge in [0.25, 0.3) is 5.91 Å². The van der Waals surface area contributed by atoms with Crippen molar-refractivity contribution in [1.29, 1.82) is 0 Å². The molecule has 0 radical (unpaired) electrons. The molecule has 7 heteroatoms. The summed E-state index contributed by atoms with van der Waals surface area (Å²) in [5.41, 5.74) is 2.36. The van der Waals surface area contributed by atoms with E-state index in [4.69, 9.17) is 16.3 Å². The van der Waals surface area contributed by atoms with Crippen LogP contribution in [0.5, 0.6) is 5.75 Å². The molecule has 5 nitrogen and oxygen atoms in total. The van der Waals surface area contributed by atoms with Crippen molar-refractivity contribution in [3.05, 3.63) is 33.2 Å². The zero-order valence-corrected chi connectivity index (χ0v) is 13.7. The van der Waals surface area contributed by atoms with E-state index in [1.54, 1.807) is 23.5 Å². The zero-order chi connectivity index (χ0) is 15.5. The number of aromatic nitrogens is 1. The van der Waals surface area contributed by atoms with E-state index in [1.807, 2.05) is 0 Å². The molecule has 1 aromatic heterocycles. The molecule has 0 saturated heterocycles. The van der Waals surface area contributed by atoms with E-state index in [-0.39, 0.29) is 12.5 Å². The van der Waals surface area contributed by atoms with Gasteiger partial charge >= 0.3 is 0 Å². The molecule has 0 bridgehead atoms. The molecule has 0 aliphatic carbocycles. The number of hydrogen-bond donors (Lipinski definition) is 2. The van der Waals surface area contributed by atoms with Gasteiger partial charge in [0.05, 0.1) is 33.6 Å². The molecule has 2 aromatic rings. The fraction of sp³-hybridized carbons (Fsp3) is 0.333. The number of nitrogens with one attached hydrogen (secondary N) is 2. The lowest BCUT2D eigenvalue weighted by molar-refractivity contribution is -0.118. The quantitative estimate of drug-likeness (QED) is 0.873. The number of hydrogen-bond acceptors (Lipinski definition) is 5. The maximum Gasteiger partial charge on any atom is 0.262 e. The van der Waals surface area contributed by atoms with Gasteiger partial charge in [-0.25, -0.2) is 4.98 Å². The summed E-state index contributed by atoms with van der Waals surface area (Å²) in [6.45, 7) is 2.77. The average molecular weight is 338 g/mol. The number of ether oxygens (including phenoxy) is 1. The number of rotatable bonds is 5. The number of aryl methyl sites for hydroxylation is 1. The smallest absolute Gasteiger partial charge is 0.262 e. The van der Waals surface area contributed by atoms with Crippen LogP contribution in [0.3, 0.4) is 0 Å². The second-order valence-corrected chi connectivity index (χ2v) is 6.35. The molecule has 0 unspecified atom stereocenters. The highest BCUT2D eigenvalue weighted by molar-refractivity contribution is 7.09. The van der Waals surface area contributed by atoms with Crippen molar-refractivity contribution >= 4 is 40.2 Å². The van der Waals surface area contributed by atoms with E-state index >= 15 is 0 Å². The van der Waals surface area contributed by atoms with Crippen LogP contribution in [0.2, 0.25) is 5.02 Å². The first-order valence-corrected chi connectivity index (χ1v) is 8.35. The van der Waals surface area contributed by atoms with Gasteiger partial charge < -0.3 is 15.4 Å². The third kappa shape index (κ3) is 3.34. The molecule has 2 heterocycles. The Morgan fingerprint density at radius 2 is 2.36 bits per heavy atom. The Labute approximate surface area is 137 Å². The van der Waals surface area contributed by atoms with Crippen molar-refractivity contribution in [2.24, 2.45) is 0 Å². The van der Waals surface area contributed by atoms with Crippen LogP contribution < -0.4 is 15.4 Å². The minimum atomic E-state index is -0.171. The maximum atomic E-state index is 11.3. The van der Waals surface area contributed by atoms with Crippen molar-refractivity contribution in [1.82, 2.24) is 4.98 Å². The molecule has 1 aliphatic heterocycles. The fourth-order valence-electron chi connectivity index (χ4n) is 2.18. The average Bonchev–Trinajstić information content (AvgIpc) is 2.93. The topological polar surface area (TPSA) is 63.2 Å². The third-order valence-electron chi connectivity index (χ3n) is 3.23. The predicted octanol–water partition coefficient (Wildman–Crippen LogP) is 3.69. The number of halogens is 1. The molecule has 1 aromatic carbocycles. The van der Waals surface area contributed by atoms with Crippen molar-refractivity contribution in [2.75, 3.05) is 17.2 Å². The third-order valence-corrected chi connectivity index (χ3v) is 4.50. The molecule has 1 aliphatic rings. The highest BCUT2D eigenvalue weighted by Crippen LogP contribution is 2.36. The summed E-state index contributed by atoms with van der Waals surface area (Å²) in [5.74, 6) is 0.451. The monoisotopic (exact) mass is 337 g/mol. The van der Waals surface area contributed by atoms with Gasteiger partial charge in [0.2, 0.25) is 0 Å². The van der Waals surface area contributed by atoms with Crippen LogP contribution in [0, 0.1) is 0 Å². The summed E-state index contributed by atoms with van der Waals surface area (Å²) in [7, 11) is 0. The Morgan fingerprint density at radius 3 is 3.18 bits per heavy atom. The van der Waals surface area contributed by atoms with E-state index in [2.05, 4.69) is 27.9 Å². The lowest BCUT2D eigenvalue weighted by Gasteiger charge is -2.19. The summed E-state index contributed by atoms with van der Waals surface area (Å²) < 4.78 is 5.40. The Bertz CT molecular complexity index is 702. The van der Waals surface area contributed by atoms with Crippen LogP contribution in [-0.2, 0) is 17.8 Å². The molecule has 0 atom stereocenters. The number of carbonyl (C=O) groups is 1. The van der Waals surface area contributed by atoms with Gasteiger partial charge in [-0.1, -0.05) is 18.5 Å². The standard InChI is InChI=1S/C15H16ClN3O2S/c1-2-3-15-18-9(8-22-15)6-17-11-5-13-12(4-10(11)16)19-14(20)7-21-13/h4-5,8,17H,2-3,6-7H2,1H3,(H,19,20). The molecular weight excluding hydrogens is 322 g/mol. The number of thiazole rings is 1. The van der Waals surface area contributed by atoms with E-state index in [1.165, 1.54) is 0 Å². The van der Waals surface area contributed by atoms with E-state index in [9.17, 15) is 4.79 Å². The SMILES string of the molecule is CCCc1nc(CNc2cc3c(cc2Cl)NC(=O)CO3)cs1. The molecule has 0 fully saturated rings. The van der Waals surface area contributed by atoms with Gasteiger partial charge in [0, 0.05) is 11.4 Å². The van der Waals surface area contributed by atoms with Crippen molar-refractivity contribution in [3.8, 4) is 5.75 Å². The summed E-state index contributed by atoms with van der Waals surface area (Å²) in [6.07, 6.45) is 2.11. The Hall–Kier alpha value is -1.79. The number of anilines is 2. The van der Waals surface area contributed by atoms with Crippen LogP contribution in [-0.4, -0.2) is 17.5 Å². The molecular formula is C15H16ClN3O2S. The Morgan fingerprint density at radius 1 is 1.50 bits per heavy atom. The molecule has 1 amide bonds. The van der Waals surface area contributed by atoms with Gasteiger partial charge in [0.1, 0.15) is 5.75 Å². The van der Waals surface area contributed by atoms with E-state index in [0.717, 1.165) is 29.2 Å². The van der Waals surface area contributed by atoms with Gasteiger partial charge in [-0.3, -0.25) is 4.79 Å². The van der Waals surface area contributed by atoms with Gasteiger partial charge in [0.15, 0.2) is 6.61 Å². The first-order valence-electron chi connectivity index (χ1n) is 7.09. The number of nitrogens with zero attached hydrogens (tertiary/aromatic N) is 1. The molecule has 2 N–H and O–H groups in total. The van der Waals surface area contributed by atoms with Gasteiger partial charge in [-0.2, -0.15) is 0 Å². The Balaban J connectivity index is 1.70. The molecule has 116 valence electrons. The first-order chi connectivity index (χ1) is 10.7. The minimum absolute atomic E-state index is 0.0283. The summed E-state index contributed by atoms with van der Waals surface area (Å²) in [6, 6.07) is 3.50. The van der Waals surface area contributed by atoms with E-state index < -0.39 is 0 Å². The highest BCUT2D eigenvalue weighted by atomic mass is 35.5. The van der Waals surface area contributed by atoms with Crippen molar-refractivity contribution < 1.29 is 9.53 Å². The summed E-state index contributed by atoms with van der Waals surface area (Å²) in [4.78, 5) is 15.9. The van der Waals surface area contributed by atoms with Crippen molar-refractivity contribution in [2.45, 2.75) is 26.3 Å². The number of fused-ring (bicyclic) bond motifs is 1. The Kier molecular flexibility index (Phi) is 4.49. The lowest BCUT2D eigenvalue weighted by atomic mass is 10.2. The highest BCUT2D eigenvalue weighted by Gasteiger charge is 2.18. The molecule has 3 rings (SSSR count). The molecule has 22 heavy (non-hydrogen) atoms. The summed E-state index contributed by atoms with van der Waals surface area (Å²) >= 11 is 7.92. The zero-order valence-electron chi connectivity index (χ0n) is 12.1. The number of carbonyl (C=O) groups excluding carboxylic acids is 1. The van der Waals surface area contributed by atoms with Crippen LogP contribution in [0.1, 0.15) is 24.0 Å². The van der Waals surface area contributed by atoms with Gasteiger partial charge in [-0.05, 0) is 18.9 Å². The molecule has 0 saturated carbocycles. The first kappa shape index (κ1) is 15.1. The lowest BCUT2D eigenvalue weighted by Crippen LogP contribution is -2.25. The maximum absolute atomic E-state index is 11.3. The van der Waals surface area contributed by atoms with Crippen molar-refractivity contribution in [3.63, 3.8) is 0 Å². The predicted molar refractivity (Wildman–Crippen MR) is 89.0 cm³/mol. The second kappa shape index (κ2) is 6.54. The van der Waals surface area contributed by atoms with Crippen LogP contribution in [0.4, 0.5) is 11.4 Å².